The zero-order valence-corrected chi connectivity index (χ0v) is 19.3. The molecule has 6 nitrogen and oxygen atoms in total. The average molecular weight is 463 g/mol. The molecule has 1 fully saturated rings. The molecule has 33 heavy (non-hydrogen) atoms. The monoisotopic (exact) mass is 462 g/mol. The molecule has 7 heteroatoms. The second-order valence-electron chi connectivity index (χ2n) is 8.71. The van der Waals surface area contributed by atoms with Gasteiger partial charge < -0.3 is 9.73 Å². The molecule has 1 aliphatic heterocycles. The summed E-state index contributed by atoms with van der Waals surface area (Å²) in [5.41, 5.74) is 4.10. The van der Waals surface area contributed by atoms with E-state index in [1.54, 1.807) is 0 Å². The predicted octanol–water partition coefficient (Wildman–Crippen LogP) is 5.07. The summed E-state index contributed by atoms with van der Waals surface area (Å²) in [7, 11) is -3.41. The fourth-order valence-corrected chi connectivity index (χ4v) is 5.99. The molecular formula is C26H26N2O4S. The van der Waals surface area contributed by atoms with E-state index in [0.29, 0.717) is 31.6 Å². The van der Waals surface area contributed by atoms with E-state index in [4.69, 9.17) is 4.42 Å². The third-order valence-corrected chi connectivity index (χ3v) is 8.18. The lowest BCUT2D eigenvalue weighted by atomic mass is 9.97. The molecule has 0 atom stereocenters. The quantitative estimate of drug-likeness (QED) is 0.449. The maximum atomic E-state index is 12.8. The number of rotatable bonds is 5. The van der Waals surface area contributed by atoms with E-state index in [1.165, 1.54) is 4.31 Å². The van der Waals surface area contributed by atoms with Gasteiger partial charge in [0.2, 0.25) is 15.9 Å². The van der Waals surface area contributed by atoms with Crippen molar-refractivity contribution in [3.05, 3.63) is 77.9 Å². The molecule has 1 amide bonds. The van der Waals surface area contributed by atoms with Gasteiger partial charge in [-0.2, -0.15) is 0 Å². The minimum Gasteiger partial charge on any atom is -0.456 e. The third kappa shape index (κ3) is 4.51. The van der Waals surface area contributed by atoms with Gasteiger partial charge in [-0.3, -0.25) is 4.79 Å². The highest BCUT2D eigenvalue weighted by Crippen LogP contribution is 2.31. The summed E-state index contributed by atoms with van der Waals surface area (Å²) in [4.78, 5) is 12.8. The highest BCUT2D eigenvalue weighted by Gasteiger charge is 2.31. The van der Waals surface area contributed by atoms with Gasteiger partial charge in [0.05, 0.1) is 5.75 Å². The molecule has 5 rings (SSSR count). The first-order chi connectivity index (χ1) is 15.9. The summed E-state index contributed by atoms with van der Waals surface area (Å²) >= 11 is 0. The van der Waals surface area contributed by atoms with Crippen LogP contribution in [-0.4, -0.2) is 31.7 Å². The largest absolute Gasteiger partial charge is 0.456 e. The fourth-order valence-electron chi connectivity index (χ4n) is 4.43. The van der Waals surface area contributed by atoms with E-state index in [0.717, 1.165) is 33.1 Å². The summed E-state index contributed by atoms with van der Waals surface area (Å²) in [6, 6.07) is 21.1. The van der Waals surface area contributed by atoms with Gasteiger partial charge in [0.25, 0.3) is 0 Å². The molecule has 0 bridgehead atoms. The second-order valence-corrected chi connectivity index (χ2v) is 10.7. The number of benzene rings is 3. The Kier molecular flexibility index (Phi) is 5.68. The van der Waals surface area contributed by atoms with Crippen molar-refractivity contribution in [1.82, 2.24) is 4.31 Å². The molecule has 1 N–H and O–H groups in total. The number of sulfonamides is 1. The van der Waals surface area contributed by atoms with Crippen LogP contribution in [0.2, 0.25) is 0 Å². The van der Waals surface area contributed by atoms with Gasteiger partial charge in [-0.15, -0.1) is 0 Å². The topological polar surface area (TPSA) is 79.6 Å². The van der Waals surface area contributed by atoms with Gasteiger partial charge in [0, 0.05) is 41.5 Å². The van der Waals surface area contributed by atoms with E-state index in [-0.39, 0.29) is 17.6 Å². The minimum atomic E-state index is -3.41. The van der Waals surface area contributed by atoms with Crippen molar-refractivity contribution >= 4 is 43.6 Å². The third-order valence-electron chi connectivity index (χ3n) is 6.33. The first-order valence-electron chi connectivity index (χ1n) is 11.1. The van der Waals surface area contributed by atoms with E-state index >= 15 is 0 Å². The SMILES string of the molecule is Cc1ccc(CS(=O)(=O)N2CCC(C(=O)Nc3ccc4c(c3)oc3ccccc34)CC2)cc1. The van der Waals surface area contributed by atoms with E-state index in [2.05, 4.69) is 5.32 Å². The van der Waals surface area contributed by atoms with E-state index in [9.17, 15) is 13.2 Å². The molecule has 0 saturated carbocycles. The molecule has 0 radical (unpaired) electrons. The Balaban J connectivity index is 1.21. The van der Waals surface area contributed by atoms with Crippen molar-refractivity contribution in [3.8, 4) is 0 Å². The normalized spacial score (nSPS) is 15.8. The van der Waals surface area contributed by atoms with Crippen LogP contribution in [0, 0.1) is 12.8 Å². The highest BCUT2D eigenvalue weighted by molar-refractivity contribution is 7.88. The number of carbonyl (C=O) groups is 1. The second kappa shape index (κ2) is 8.65. The van der Waals surface area contributed by atoms with Crippen LogP contribution in [0.4, 0.5) is 5.69 Å². The lowest BCUT2D eigenvalue weighted by Crippen LogP contribution is -2.41. The van der Waals surface area contributed by atoms with Crippen molar-refractivity contribution in [3.63, 3.8) is 0 Å². The Bertz CT molecular complexity index is 1420. The van der Waals surface area contributed by atoms with Gasteiger partial charge in [0.15, 0.2) is 0 Å². The molecule has 1 aliphatic rings. The number of amides is 1. The zero-order chi connectivity index (χ0) is 23.0. The van der Waals surface area contributed by atoms with Gasteiger partial charge in [-0.25, -0.2) is 12.7 Å². The van der Waals surface area contributed by atoms with E-state index < -0.39 is 10.0 Å². The zero-order valence-electron chi connectivity index (χ0n) is 18.5. The number of fused-ring (bicyclic) bond motifs is 3. The van der Waals surface area contributed by atoms with Gasteiger partial charge in [0.1, 0.15) is 11.2 Å². The molecule has 4 aromatic rings. The molecule has 1 saturated heterocycles. The standard InChI is InChI=1S/C26H26N2O4S/c1-18-6-8-19(9-7-18)17-33(30,31)28-14-12-20(13-15-28)26(29)27-21-10-11-23-22-4-2-3-5-24(22)32-25(23)16-21/h2-11,16,20H,12-15,17H2,1H3,(H,27,29). The van der Waals surface area contributed by atoms with Crippen LogP contribution < -0.4 is 5.32 Å². The van der Waals surface area contributed by atoms with Crippen LogP contribution >= 0.6 is 0 Å². The molecule has 170 valence electrons. The molecule has 0 aliphatic carbocycles. The number of carbonyl (C=O) groups excluding carboxylic acids is 1. The number of para-hydroxylation sites is 1. The summed E-state index contributed by atoms with van der Waals surface area (Å²) in [5.74, 6) is -0.315. The Morgan fingerprint density at radius 1 is 0.970 bits per heavy atom. The van der Waals surface area contributed by atoms with E-state index in [1.807, 2.05) is 73.7 Å². The Labute approximate surface area is 193 Å². The predicted molar refractivity (Wildman–Crippen MR) is 130 cm³/mol. The number of hydrogen-bond acceptors (Lipinski definition) is 4. The highest BCUT2D eigenvalue weighted by atomic mass is 32.2. The van der Waals surface area contributed by atoms with Crippen molar-refractivity contribution < 1.29 is 17.6 Å². The van der Waals surface area contributed by atoms with Crippen LogP contribution in [0.25, 0.3) is 21.9 Å². The molecular weight excluding hydrogens is 436 g/mol. The smallest absolute Gasteiger partial charge is 0.227 e. The number of nitrogens with zero attached hydrogens (tertiary/aromatic N) is 1. The maximum Gasteiger partial charge on any atom is 0.227 e. The maximum absolute atomic E-state index is 12.8. The Morgan fingerprint density at radius 3 is 2.42 bits per heavy atom. The number of anilines is 1. The molecule has 1 aromatic heterocycles. The number of nitrogens with one attached hydrogen (secondary N) is 1. The lowest BCUT2D eigenvalue weighted by Gasteiger charge is -2.30. The van der Waals surface area contributed by atoms with Crippen molar-refractivity contribution in [2.45, 2.75) is 25.5 Å². The summed E-state index contributed by atoms with van der Waals surface area (Å²) in [6.07, 6.45) is 1.01. The van der Waals surface area contributed by atoms with Gasteiger partial charge in [-0.05, 0) is 43.5 Å². The molecule has 0 spiro atoms. The summed E-state index contributed by atoms with van der Waals surface area (Å²) < 4.78 is 33.1. The summed E-state index contributed by atoms with van der Waals surface area (Å²) in [5, 5.41) is 5.04. The fraction of sp³-hybridized carbons (Fsp3) is 0.269. The van der Waals surface area contributed by atoms with Crippen molar-refractivity contribution in [2.24, 2.45) is 5.92 Å². The molecule has 3 aromatic carbocycles. The number of hydrogen-bond donors (Lipinski definition) is 1. The van der Waals surface area contributed by atoms with Crippen LogP contribution in [0.1, 0.15) is 24.0 Å². The van der Waals surface area contributed by atoms with Crippen molar-refractivity contribution in [2.75, 3.05) is 18.4 Å². The first kappa shape index (κ1) is 21.7. The molecule has 2 heterocycles. The Morgan fingerprint density at radius 2 is 1.67 bits per heavy atom. The average Bonchev–Trinajstić information content (AvgIpc) is 3.18. The van der Waals surface area contributed by atoms with Crippen LogP contribution in [0.15, 0.2) is 71.1 Å². The van der Waals surface area contributed by atoms with Crippen LogP contribution in [-0.2, 0) is 20.6 Å². The van der Waals surface area contributed by atoms with Gasteiger partial charge >= 0.3 is 0 Å². The van der Waals surface area contributed by atoms with Crippen LogP contribution in [0.5, 0.6) is 0 Å². The van der Waals surface area contributed by atoms with Crippen LogP contribution in [0.3, 0.4) is 0 Å². The summed E-state index contributed by atoms with van der Waals surface area (Å²) in [6.45, 7) is 2.69. The number of aryl methyl sites for hydroxylation is 1. The van der Waals surface area contributed by atoms with Gasteiger partial charge in [-0.1, -0.05) is 48.0 Å². The first-order valence-corrected chi connectivity index (χ1v) is 12.8. The van der Waals surface area contributed by atoms with Crippen molar-refractivity contribution in [1.29, 1.82) is 0 Å². The number of piperidine rings is 1. The number of furan rings is 1. The Hall–Kier alpha value is -3.16. The lowest BCUT2D eigenvalue weighted by molar-refractivity contribution is -0.120. The molecule has 0 unspecified atom stereocenters. The minimum absolute atomic E-state index is 0.0122.